The van der Waals surface area contributed by atoms with Gasteiger partial charge in [0.25, 0.3) is 5.91 Å². The van der Waals surface area contributed by atoms with Gasteiger partial charge in [-0.15, -0.1) is 0 Å². The topological polar surface area (TPSA) is 109 Å². The summed E-state index contributed by atoms with van der Waals surface area (Å²) in [6, 6.07) is 12.0. The van der Waals surface area contributed by atoms with Crippen molar-refractivity contribution in [1.29, 1.82) is 0 Å². The van der Waals surface area contributed by atoms with Crippen molar-refractivity contribution in [1.82, 2.24) is 9.80 Å². The summed E-state index contributed by atoms with van der Waals surface area (Å²) in [5, 5.41) is 5.67. The van der Waals surface area contributed by atoms with E-state index in [0.717, 1.165) is 0 Å². The number of ether oxygens (including phenoxy) is 3. The van der Waals surface area contributed by atoms with Crippen LogP contribution in [-0.4, -0.2) is 72.8 Å². The Morgan fingerprint density at radius 1 is 0.943 bits per heavy atom. The maximum Gasteiger partial charge on any atom is 0.410 e. The van der Waals surface area contributed by atoms with Crippen LogP contribution in [0.5, 0.6) is 11.5 Å². The molecule has 0 aliphatic carbocycles. The quantitative estimate of drug-likeness (QED) is 0.674. The summed E-state index contributed by atoms with van der Waals surface area (Å²) < 4.78 is 16.1. The molecule has 1 fully saturated rings. The molecule has 35 heavy (non-hydrogen) atoms. The van der Waals surface area contributed by atoms with Gasteiger partial charge in [-0.05, 0) is 45.0 Å². The van der Waals surface area contributed by atoms with Gasteiger partial charge in [0.05, 0.1) is 17.8 Å². The molecule has 10 heteroatoms. The monoisotopic (exact) mass is 482 g/mol. The first kappa shape index (κ1) is 24.3. The van der Waals surface area contributed by atoms with E-state index in [4.69, 9.17) is 14.2 Å². The second kappa shape index (κ2) is 10.2. The molecule has 2 aliphatic heterocycles. The Morgan fingerprint density at radius 2 is 1.66 bits per heavy atom. The summed E-state index contributed by atoms with van der Waals surface area (Å²) in [4.78, 5) is 41.5. The molecule has 0 saturated carbocycles. The van der Waals surface area contributed by atoms with Crippen LogP contribution in [0, 0.1) is 0 Å². The number of fused-ring (bicyclic) bond motifs is 1. The second-order valence-electron chi connectivity index (χ2n) is 9.36. The number of nitrogens with one attached hydrogen (secondary N) is 2. The average Bonchev–Trinajstić information content (AvgIpc) is 3.26. The van der Waals surface area contributed by atoms with Gasteiger partial charge in [-0.2, -0.15) is 0 Å². The number of rotatable bonds is 5. The Kier molecular flexibility index (Phi) is 7.11. The molecule has 0 bridgehead atoms. The van der Waals surface area contributed by atoms with Crippen LogP contribution in [0.4, 0.5) is 16.2 Å². The standard InChI is InChI=1S/C25H30N4O6/c1-25(2,3)35-24(32)29-12-10-28(11-13-29)15-22(30)27-19-7-5-4-6-18(19)23(31)26-17-8-9-20-21(14-17)34-16-33-20/h4-9,14H,10-13,15-16H2,1-3H3,(H,26,31)(H,27,30). The SMILES string of the molecule is CC(C)(C)OC(=O)N1CCN(CC(=O)Nc2ccccc2C(=O)Nc2ccc3c(c2)OCO3)CC1. The van der Waals surface area contributed by atoms with Gasteiger partial charge < -0.3 is 29.7 Å². The van der Waals surface area contributed by atoms with E-state index in [9.17, 15) is 14.4 Å². The Bertz CT molecular complexity index is 1110. The van der Waals surface area contributed by atoms with E-state index < -0.39 is 5.60 Å². The molecule has 1 saturated heterocycles. The number of para-hydroxylation sites is 1. The number of nitrogens with zero attached hydrogens (tertiary/aromatic N) is 2. The van der Waals surface area contributed by atoms with Crippen LogP contribution < -0.4 is 20.1 Å². The molecule has 2 heterocycles. The highest BCUT2D eigenvalue weighted by atomic mass is 16.7. The fourth-order valence-corrected chi connectivity index (χ4v) is 3.77. The first-order valence-corrected chi connectivity index (χ1v) is 11.5. The van der Waals surface area contributed by atoms with E-state index in [1.165, 1.54) is 0 Å². The van der Waals surface area contributed by atoms with Crippen molar-refractivity contribution in [3.8, 4) is 11.5 Å². The fraction of sp³-hybridized carbons (Fsp3) is 0.400. The summed E-state index contributed by atoms with van der Waals surface area (Å²) >= 11 is 0. The molecule has 186 valence electrons. The third kappa shape index (κ3) is 6.42. The molecule has 2 aromatic rings. The third-order valence-corrected chi connectivity index (χ3v) is 5.47. The molecule has 2 N–H and O–H groups in total. The number of hydrogen-bond donors (Lipinski definition) is 2. The van der Waals surface area contributed by atoms with Gasteiger partial charge in [-0.25, -0.2) is 4.79 Å². The Hall–Kier alpha value is -3.79. The minimum absolute atomic E-state index is 0.150. The maximum absolute atomic E-state index is 12.9. The minimum Gasteiger partial charge on any atom is -0.454 e. The Morgan fingerprint density at radius 3 is 2.40 bits per heavy atom. The van der Waals surface area contributed by atoms with Crippen LogP contribution in [0.25, 0.3) is 0 Å². The van der Waals surface area contributed by atoms with Crippen molar-refractivity contribution in [2.45, 2.75) is 26.4 Å². The van der Waals surface area contributed by atoms with E-state index >= 15 is 0 Å². The van der Waals surface area contributed by atoms with Gasteiger partial charge in [-0.3, -0.25) is 14.5 Å². The molecule has 2 aromatic carbocycles. The van der Waals surface area contributed by atoms with Gasteiger partial charge in [0, 0.05) is 37.9 Å². The summed E-state index contributed by atoms with van der Waals surface area (Å²) in [5.41, 5.74) is 0.774. The van der Waals surface area contributed by atoms with E-state index in [1.54, 1.807) is 47.4 Å². The Balaban J connectivity index is 1.31. The highest BCUT2D eigenvalue weighted by Gasteiger charge is 2.27. The molecule has 0 atom stereocenters. The lowest BCUT2D eigenvalue weighted by Crippen LogP contribution is -2.51. The van der Waals surface area contributed by atoms with E-state index in [0.29, 0.717) is 54.6 Å². The smallest absolute Gasteiger partial charge is 0.410 e. The Labute approximate surface area is 204 Å². The number of carbonyl (C=O) groups excluding carboxylic acids is 3. The first-order chi connectivity index (χ1) is 16.7. The predicted octanol–water partition coefficient (Wildman–Crippen LogP) is 3.16. The zero-order chi connectivity index (χ0) is 25.0. The lowest BCUT2D eigenvalue weighted by Gasteiger charge is -2.35. The summed E-state index contributed by atoms with van der Waals surface area (Å²) in [5.74, 6) is 0.600. The van der Waals surface area contributed by atoms with Crippen molar-refractivity contribution in [2.75, 3.05) is 50.2 Å². The normalized spacial score (nSPS) is 15.5. The van der Waals surface area contributed by atoms with E-state index in [-0.39, 0.29) is 31.2 Å². The summed E-state index contributed by atoms with van der Waals surface area (Å²) in [6.45, 7) is 7.87. The second-order valence-corrected chi connectivity index (χ2v) is 9.36. The molecule has 3 amide bonds. The zero-order valence-electron chi connectivity index (χ0n) is 20.1. The molecule has 2 aliphatic rings. The van der Waals surface area contributed by atoms with Crippen LogP contribution in [0.15, 0.2) is 42.5 Å². The highest BCUT2D eigenvalue weighted by Crippen LogP contribution is 2.34. The van der Waals surface area contributed by atoms with Crippen LogP contribution >= 0.6 is 0 Å². The number of benzene rings is 2. The molecular weight excluding hydrogens is 452 g/mol. The molecule has 0 aromatic heterocycles. The molecule has 0 radical (unpaired) electrons. The van der Waals surface area contributed by atoms with Crippen molar-refractivity contribution >= 4 is 29.3 Å². The number of hydrogen-bond acceptors (Lipinski definition) is 7. The van der Waals surface area contributed by atoms with E-state index in [1.807, 2.05) is 25.7 Å². The minimum atomic E-state index is -0.545. The average molecular weight is 483 g/mol. The first-order valence-electron chi connectivity index (χ1n) is 11.5. The van der Waals surface area contributed by atoms with Gasteiger partial charge in [-0.1, -0.05) is 12.1 Å². The van der Waals surface area contributed by atoms with Crippen LogP contribution in [0.3, 0.4) is 0 Å². The maximum atomic E-state index is 12.9. The summed E-state index contributed by atoms with van der Waals surface area (Å²) in [6.07, 6.45) is -0.344. The van der Waals surface area contributed by atoms with Crippen LogP contribution in [0.1, 0.15) is 31.1 Å². The molecule has 10 nitrogen and oxygen atoms in total. The zero-order valence-corrected chi connectivity index (χ0v) is 20.1. The lowest BCUT2D eigenvalue weighted by molar-refractivity contribution is -0.117. The molecular formula is C25H30N4O6. The lowest BCUT2D eigenvalue weighted by atomic mass is 10.1. The van der Waals surface area contributed by atoms with Crippen LogP contribution in [-0.2, 0) is 9.53 Å². The van der Waals surface area contributed by atoms with Crippen molar-refractivity contribution in [3.05, 3.63) is 48.0 Å². The number of amides is 3. The largest absolute Gasteiger partial charge is 0.454 e. The molecule has 0 unspecified atom stereocenters. The number of piperazine rings is 1. The number of carbonyl (C=O) groups is 3. The van der Waals surface area contributed by atoms with E-state index in [2.05, 4.69) is 10.6 Å². The van der Waals surface area contributed by atoms with Gasteiger partial charge in [0.1, 0.15) is 5.60 Å². The highest BCUT2D eigenvalue weighted by molar-refractivity contribution is 6.10. The summed E-state index contributed by atoms with van der Waals surface area (Å²) in [7, 11) is 0. The number of anilines is 2. The van der Waals surface area contributed by atoms with Crippen molar-refractivity contribution in [2.24, 2.45) is 0 Å². The fourth-order valence-electron chi connectivity index (χ4n) is 3.77. The van der Waals surface area contributed by atoms with Gasteiger partial charge in [0.2, 0.25) is 12.7 Å². The van der Waals surface area contributed by atoms with Gasteiger partial charge in [0.15, 0.2) is 11.5 Å². The van der Waals surface area contributed by atoms with Gasteiger partial charge >= 0.3 is 6.09 Å². The molecule has 4 rings (SSSR count). The molecule has 0 spiro atoms. The third-order valence-electron chi connectivity index (χ3n) is 5.47. The van der Waals surface area contributed by atoms with Crippen molar-refractivity contribution < 1.29 is 28.6 Å². The predicted molar refractivity (Wildman–Crippen MR) is 130 cm³/mol. The van der Waals surface area contributed by atoms with Crippen LogP contribution in [0.2, 0.25) is 0 Å². The van der Waals surface area contributed by atoms with Crippen molar-refractivity contribution in [3.63, 3.8) is 0 Å².